The van der Waals surface area contributed by atoms with E-state index in [2.05, 4.69) is 4.99 Å². The number of ketones is 1. The third-order valence-electron chi connectivity index (χ3n) is 4.25. The maximum Gasteiger partial charge on any atom is 0.179 e. The summed E-state index contributed by atoms with van der Waals surface area (Å²) in [4.78, 5) is 16.5. The molecule has 1 heterocycles. The van der Waals surface area contributed by atoms with Crippen LogP contribution < -0.4 is 9.47 Å². The molecule has 5 nitrogen and oxygen atoms in total. The first-order valence-electron chi connectivity index (χ1n) is 8.39. The summed E-state index contributed by atoms with van der Waals surface area (Å²) >= 11 is 6.26. The lowest BCUT2D eigenvalue weighted by Gasteiger charge is -2.28. The van der Waals surface area contributed by atoms with Crippen molar-refractivity contribution in [2.75, 3.05) is 13.2 Å². The molecule has 0 fully saturated rings. The van der Waals surface area contributed by atoms with E-state index in [1.54, 1.807) is 6.07 Å². The van der Waals surface area contributed by atoms with Gasteiger partial charge in [-0.15, -0.1) is 0 Å². The van der Waals surface area contributed by atoms with E-state index < -0.39 is 0 Å². The summed E-state index contributed by atoms with van der Waals surface area (Å²) in [5, 5.41) is 10.6. The van der Waals surface area contributed by atoms with Crippen LogP contribution in [-0.2, 0) is 11.3 Å². The number of carbonyl (C=O) groups excluding carboxylic acids is 1. The Labute approximate surface area is 152 Å². The lowest BCUT2D eigenvalue weighted by molar-refractivity contribution is -0.117. The number of aliphatic imine (C=N–C) groups is 1. The summed E-state index contributed by atoms with van der Waals surface area (Å²) in [6.45, 7) is 5.44. The molecule has 0 atom stereocenters. The van der Waals surface area contributed by atoms with Gasteiger partial charge in [-0.2, -0.15) is 0 Å². The van der Waals surface area contributed by atoms with Crippen LogP contribution in [0.3, 0.4) is 0 Å². The van der Waals surface area contributed by atoms with Crippen LogP contribution in [0.15, 0.2) is 28.5 Å². The molecule has 0 amide bonds. The summed E-state index contributed by atoms with van der Waals surface area (Å²) < 4.78 is 11.3. The third-order valence-corrected chi connectivity index (χ3v) is 4.53. The predicted octanol–water partition coefficient (Wildman–Crippen LogP) is 4.27. The van der Waals surface area contributed by atoms with E-state index in [0.717, 1.165) is 12.0 Å². The number of nitrogens with zero attached hydrogens (tertiary/aromatic N) is 1. The molecule has 0 unspecified atom stereocenters. The molecule has 0 saturated carbocycles. The van der Waals surface area contributed by atoms with Gasteiger partial charge in [0.05, 0.1) is 30.4 Å². The van der Waals surface area contributed by atoms with Gasteiger partial charge in [0.2, 0.25) is 0 Å². The molecular weight excluding hydrogens is 342 g/mol. The number of carbonyl (C=O) groups is 1. The number of rotatable bonds is 3. The summed E-state index contributed by atoms with van der Waals surface area (Å²) in [7, 11) is 0. The van der Waals surface area contributed by atoms with E-state index in [1.165, 1.54) is 6.21 Å². The number of hydrogen-bond donors (Lipinski definition) is 1. The van der Waals surface area contributed by atoms with Crippen molar-refractivity contribution in [3.8, 4) is 11.5 Å². The molecule has 2 aliphatic rings. The number of aliphatic hydroxyl groups is 1. The molecule has 134 valence electrons. The van der Waals surface area contributed by atoms with Crippen LogP contribution in [0, 0.1) is 5.41 Å². The first-order valence-corrected chi connectivity index (χ1v) is 8.77. The summed E-state index contributed by atoms with van der Waals surface area (Å²) in [6.07, 6.45) is 3.17. The highest BCUT2D eigenvalue weighted by Crippen LogP contribution is 2.38. The molecule has 1 aliphatic carbocycles. The Bertz CT molecular complexity index is 752. The molecule has 0 bridgehead atoms. The number of Topliss-reactive ketones (excluding diaryl/α,β-unsaturated/α-hetero) is 1. The molecule has 25 heavy (non-hydrogen) atoms. The van der Waals surface area contributed by atoms with Crippen LogP contribution >= 0.6 is 11.6 Å². The lowest BCUT2D eigenvalue weighted by atomic mass is 9.77. The molecule has 1 aromatic carbocycles. The third kappa shape index (κ3) is 4.15. The van der Waals surface area contributed by atoms with Gasteiger partial charge in [0.1, 0.15) is 5.76 Å². The minimum Gasteiger partial charge on any atom is -0.511 e. The number of ether oxygens (including phenoxy) is 2. The van der Waals surface area contributed by atoms with Crippen molar-refractivity contribution >= 4 is 23.6 Å². The fourth-order valence-corrected chi connectivity index (χ4v) is 3.35. The van der Waals surface area contributed by atoms with Gasteiger partial charge < -0.3 is 14.6 Å². The van der Waals surface area contributed by atoms with Gasteiger partial charge in [-0.25, -0.2) is 0 Å². The van der Waals surface area contributed by atoms with Gasteiger partial charge in [-0.3, -0.25) is 9.79 Å². The predicted molar refractivity (Wildman–Crippen MR) is 96.9 cm³/mol. The first-order chi connectivity index (χ1) is 11.9. The van der Waals surface area contributed by atoms with Crippen molar-refractivity contribution in [1.29, 1.82) is 0 Å². The minimum absolute atomic E-state index is 0.0748. The minimum atomic E-state index is -0.208. The van der Waals surface area contributed by atoms with E-state index in [9.17, 15) is 9.90 Å². The highest BCUT2D eigenvalue weighted by Gasteiger charge is 2.32. The van der Waals surface area contributed by atoms with E-state index in [-0.39, 0.29) is 17.0 Å². The van der Waals surface area contributed by atoms with Gasteiger partial charge in [-0.05, 0) is 23.1 Å². The molecule has 0 aromatic heterocycles. The second-order valence-corrected chi connectivity index (χ2v) is 7.63. The highest BCUT2D eigenvalue weighted by atomic mass is 35.5. The molecule has 6 heteroatoms. The van der Waals surface area contributed by atoms with Gasteiger partial charge in [-0.1, -0.05) is 25.4 Å². The number of aliphatic hydroxyl groups excluding tert-OH is 1. The van der Waals surface area contributed by atoms with Crippen LogP contribution in [-0.4, -0.2) is 30.3 Å². The molecule has 0 saturated heterocycles. The molecule has 1 aliphatic heterocycles. The average Bonchev–Trinajstić information content (AvgIpc) is 2.74. The van der Waals surface area contributed by atoms with E-state index in [1.807, 2.05) is 19.9 Å². The summed E-state index contributed by atoms with van der Waals surface area (Å²) in [5.41, 5.74) is 0.953. The Morgan fingerprint density at radius 2 is 2.04 bits per heavy atom. The van der Waals surface area contributed by atoms with Crippen molar-refractivity contribution in [3.63, 3.8) is 0 Å². The number of fused-ring (bicyclic) bond motifs is 1. The molecule has 1 N–H and O–H groups in total. The standard InChI is InChI=1S/C19H22ClNO4/c1-19(2)8-15(22)13(16(23)9-19)11-21-10-12-6-14(20)18-17(7-12)24-4-3-5-25-18/h6-7,11,22H,3-5,8-10H2,1-2H3. The average molecular weight is 364 g/mol. The fraction of sp³-hybridized carbons (Fsp3) is 0.474. The van der Waals surface area contributed by atoms with Gasteiger partial charge in [0.25, 0.3) is 0 Å². The summed E-state index contributed by atoms with van der Waals surface area (Å²) in [6, 6.07) is 3.64. The molecular formula is C19H22ClNO4. The zero-order valence-electron chi connectivity index (χ0n) is 14.5. The maximum atomic E-state index is 12.2. The Morgan fingerprint density at radius 3 is 2.80 bits per heavy atom. The van der Waals surface area contributed by atoms with Crippen molar-refractivity contribution in [2.24, 2.45) is 10.4 Å². The number of halogens is 1. The molecule has 0 spiro atoms. The molecule has 1 aromatic rings. The summed E-state index contributed by atoms with van der Waals surface area (Å²) in [5.74, 6) is 1.22. The van der Waals surface area contributed by atoms with Gasteiger partial charge in [0.15, 0.2) is 17.3 Å². The Kier molecular flexibility index (Phi) is 5.04. The Balaban J connectivity index is 1.76. The number of benzene rings is 1. The monoisotopic (exact) mass is 363 g/mol. The van der Waals surface area contributed by atoms with Crippen molar-refractivity contribution in [2.45, 2.75) is 39.7 Å². The molecule has 0 radical (unpaired) electrons. The first kappa shape index (κ1) is 17.8. The number of hydrogen-bond acceptors (Lipinski definition) is 5. The largest absolute Gasteiger partial charge is 0.511 e. The topological polar surface area (TPSA) is 68.1 Å². The lowest BCUT2D eigenvalue weighted by Crippen LogP contribution is -2.26. The molecule has 3 rings (SSSR count). The van der Waals surface area contributed by atoms with Crippen molar-refractivity contribution < 1.29 is 19.4 Å². The van der Waals surface area contributed by atoms with Gasteiger partial charge in [0, 0.05) is 25.5 Å². The van der Waals surface area contributed by atoms with Crippen molar-refractivity contribution in [1.82, 2.24) is 0 Å². The smallest absolute Gasteiger partial charge is 0.179 e. The zero-order chi connectivity index (χ0) is 18.0. The maximum absolute atomic E-state index is 12.2. The SMILES string of the molecule is CC1(C)CC(=O)C(C=NCc2cc(Cl)c3c(c2)OCCCO3)=C(O)C1. The van der Waals surface area contributed by atoms with E-state index >= 15 is 0 Å². The van der Waals surface area contributed by atoms with Crippen LogP contribution in [0.25, 0.3) is 0 Å². The number of allylic oxidation sites excluding steroid dienone is 2. The Morgan fingerprint density at radius 1 is 1.28 bits per heavy atom. The van der Waals surface area contributed by atoms with E-state index in [0.29, 0.717) is 54.7 Å². The van der Waals surface area contributed by atoms with Crippen LogP contribution in [0.5, 0.6) is 11.5 Å². The quantitative estimate of drug-likeness (QED) is 0.814. The fourth-order valence-electron chi connectivity index (χ4n) is 3.07. The van der Waals surface area contributed by atoms with Crippen LogP contribution in [0.2, 0.25) is 5.02 Å². The zero-order valence-corrected chi connectivity index (χ0v) is 15.2. The van der Waals surface area contributed by atoms with Crippen LogP contribution in [0.4, 0.5) is 0 Å². The second kappa shape index (κ2) is 7.08. The van der Waals surface area contributed by atoms with Crippen molar-refractivity contribution in [3.05, 3.63) is 34.1 Å². The van der Waals surface area contributed by atoms with E-state index in [4.69, 9.17) is 21.1 Å². The highest BCUT2D eigenvalue weighted by molar-refractivity contribution is 6.32. The van der Waals surface area contributed by atoms with Crippen LogP contribution in [0.1, 0.15) is 38.7 Å². The second-order valence-electron chi connectivity index (χ2n) is 7.23. The van der Waals surface area contributed by atoms with Gasteiger partial charge >= 0.3 is 0 Å². The Hall–Kier alpha value is -2.01. The normalized spacial score (nSPS) is 20.0.